The first-order valence-electron chi connectivity index (χ1n) is 9.34. The number of pyridine rings is 1. The lowest BCUT2D eigenvalue weighted by molar-refractivity contribution is 0.0256. The van der Waals surface area contributed by atoms with Gasteiger partial charge in [-0.1, -0.05) is 26.8 Å². The van der Waals surface area contributed by atoms with Crippen LogP contribution >= 0.6 is 0 Å². The Balaban J connectivity index is 1.95. The van der Waals surface area contributed by atoms with Gasteiger partial charge >= 0.3 is 0 Å². The number of Topliss-reactive ketones (excluding diaryl/α,β-unsaturated/α-hetero) is 1. The van der Waals surface area contributed by atoms with Gasteiger partial charge in [-0.05, 0) is 12.1 Å². The molecule has 0 aromatic carbocycles. The molecule has 1 aliphatic rings. The van der Waals surface area contributed by atoms with Gasteiger partial charge in [0, 0.05) is 30.8 Å². The first kappa shape index (κ1) is 20.8. The van der Waals surface area contributed by atoms with Gasteiger partial charge in [-0.2, -0.15) is 0 Å². The molecule has 0 unspecified atom stereocenters. The molecule has 7 nitrogen and oxygen atoms in total. The van der Waals surface area contributed by atoms with Crippen molar-refractivity contribution in [3.8, 4) is 0 Å². The van der Waals surface area contributed by atoms with Crippen molar-refractivity contribution < 1.29 is 13.6 Å². The Hall–Kier alpha value is -2.97. The third-order valence-electron chi connectivity index (χ3n) is 4.58. The zero-order chi connectivity index (χ0) is 21.2. The number of carbonyl (C=O) groups excluding carboxylic acids is 1. The molecule has 0 amide bonds. The Morgan fingerprint density at radius 2 is 2.10 bits per heavy atom. The molecule has 0 atom stereocenters. The lowest BCUT2D eigenvalue weighted by Gasteiger charge is -2.25. The first-order chi connectivity index (χ1) is 13.6. The van der Waals surface area contributed by atoms with Crippen molar-refractivity contribution in [2.75, 3.05) is 29.9 Å². The van der Waals surface area contributed by atoms with E-state index in [1.165, 1.54) is 11.1 Å². The van der Waals surface area contributed by atoms with E-state index >= 15 is 0 Å². The molecule has 0 saturated carbocycles. The molecule has 3 heterocycles. The number of anilines is 2. The highest BCUT2D eigenvalue weighted by atomic mass is 19.3. The van der Waals surface area contributed by atoms with E-state index in [2.05, 4.69) is 20.3 Å². The molecular formula is C20H24F2N6O. The molecule has 1 saturated heterocycles. The van der Waals surface area contributed by atoms with Crippen LogP contribution in [0.5, 0.6) is 0 Å². The Morgan fingerprint density at radius 3 is 2.66 bits per heavy atom. The van der Waals surface area contributed by atoms with Crippen LogP contribution in [-0.4, -0.2) is 52.5 Å². The molecule has 2 aromatic heterocycles. The van der Waals surface area contributed by atoms with E-state index in [9.17, 15) is 13.6 Å². The van der Waals surface area contributed by atoms with E-state index in [0.29, 0.717) is 11.5 Å². The fourth-order valence-corrected chi connectivity index (χ4v) is 3.00. The van der Waals surface area contributed by atoms with Crippen molar-refractivity contribution in [2.24, 2.45) is 0 Å². The van der Waals surface area contributed by atoms with Gasteiger partial charge < -0.3 is 15.6 Å². The summed E-state index contributed by atoms with van der Waals surface area (Å²) in [6.07, 6.45) is 2.30. The molecule has 0 radical (unpaired) electrons. The minimum absolute atomic E-state index is 0.0892. The molecular weight excluding hydrogens is 378 g/mol. The summed E-state index contributed by atoms with van der Waals surface area (Å²) in [5, 5.41) is 10.8. The highest BCUT2D eigenvalue weighted by molar-refractivity contribution is 5.98. The average molecular weight is 402 g/mol. The van der Waals surface area contributed by atoms with Crippen LogP contribution in [0, 0.1) is 5.41 Å². The summed E-state index contributed by atoms with van der Waals surface area (Å²) in [5.41, 5.74) is 0.143. The van der Waals surface area contributed by atoms with E-state index in [0.717, 1.165) is 6.21 Å². The number of ketones is 1. The van der Waals surface area contributed by atoms with Gasteiger partial charge in [0.2, 0.25) is 0 Å². The van der Waals surface area contributed by atoms with E-state index in [1.54, 1.807) is 18.2 Å². The maximum Gasteiger partial charge on any atom is 0.266 e. The molecule has 1 aliphatic heterocycles. The summed E-state index contributed by atoms with van der Waals surface area (Å²) in [6, 6.07) is 5.05. The number of nitrogens with zero attached hydrogens (tertiary/aromatic N) is 4. The summed E-state index contributed by atoms with van der Waals surface area (Å²) in [4.78, 5) is 26.9. The number of hydrogen-bond acceptors (Lipinski definition) is 7. The Labute approximate surface area is 168 Å². The molecule has 3 rings (SSSR count). The van der Waals surface area contributed by atoms with Crippen LogP contribution in [0.1, 0.15) is 49.1 Å². The molecule has 29 heavy (non-hydrogen) atoms. The van der Waals surface area contributed by atoms with Crippen molar-refractivity contribution in [3.63, 3.8) is 0 Å². The summed E-state index contributed by atoms with van der Waals surface area (Å²) in [5.74, 6) is -2.04. The average Bonchev–Trinajstić information content (AvgIpc) is 3.04. The van der Waals surface area contributed by atoms with Gasteiger partial charge in [-0.3, -0.25) is 9.78 Å². The predicted molar refractivity (Wildman–Crippen MR) is 107 cm³/mol. The Bertz CT molecular complexity index is 911. The second kappa shape index (κ2) is 7.81. The molecule has 0 spiro atoms. The number of hydrogen-bond donors (Lipinski definition) is 2. The molecule has 2 N–H and O–H groups in total. The van der Waals surface area contributed by atoms with Gasteiger partial charge in [0.05, 0.1) is 18.7 Å². The smallest absolute Gasteiger partial charge is 0.266 e. The van der Waals surface area contributed by atoms with Crippen LogP contribution in [-0.2, 0) is 5.41 Å². The topological polar surface area (TPSA) is 94.9 Å². The van der Waals surface area contributed by atoms with Gasteiger partial charge in [0.15, 0.2) is 5.78 Å². The molecule has 9 heteroatoms. The van der Waals surface area contributed by atoms with Crippen LogP contribution < -0.4 is 10.2 Å². The number of carbonyl (C=O) groups is 1. The number of halogens is 2. The molecule has 2 aromatic rings. The summed E-state index contributed by atoms with van der Waals surface area (Å²) >= 11 is 0. The first-order valence-corrected chi connectivity index (χ1v) is 9.34. The lowest BCUT2D eigenvalue weighted by atomic mass is 9.95. The van der Waals surface area contributed by atoms with E-state index in [-0.39, 0.29) is 42.5 Å². The quantitative estimate of drug-likeness (QED) is 0.569. The van der Waals surface area contributed by atoms with Gasteiger partial charge in [-0.15, -0.1) is 0 Å². The zero-order valence-corrected chi connectivity index (χ0v) is 16.7. The number of alkyl halides is 2. The van der Waals surface area contributed by atoms with Gasteiger partial charge in [0.25, 0.3) is 5.92 Å². The third kappa shape index (κ3) is 4.72. The SMILES string of the molecule is CC(C)(C)c1nc(NCC(=O)c2ccccn2)c(C=N)c(N2CCC(F)(F)C2)n1. The maximum atomic E-state index is 13.8. The van der Waals surface area contributed by atoms with Crippen molar-refractivity contribution in [2.45, 2.75) is 38.5 Å². The Kier molecular flexibility index (Phi) is 5.59. The van der Waals surface area contributed by atoms with E-state index in [1.807, 2.05) is 20.8 Å². The monoisotopic (exact) mass is 402 g/mol. The van der Waals surface area contributed by atoms with Crippen LogP contribution in [0.4, 0.5) is 20.4 Å². The fourth-order valence-electron chi connectivity index (χ4n) is 3.00. The van der Waals surface area contributed by atoms with Gasteiger partial charge in [-0.25, -0.2) is 18.7 Å². The largest absolute Gasteiger partial charge is 0.362 e. The lowest BCUT2D eigenvalue weighted by Crippen LogP contribution is -2.29. The summed E-state index contributed by atoms with van der Waals surface area (Å²) < 4.78 is 27.6. The van der Waals surface area contributed by atoms with Crippen molar-refractivity contribution in [3.05, 3.63) is 41.5 Å². The number of aromatic nitrogens is 3. The minimum Gasteiger partial charge on any atom is -0.362 e. The molecule has 154 valence electrons. The highest BCUT2D eigenvalue weighted by Gasteiger charge is 2.40. The molecule has 0 aliphatic carbocycles. The fraction of sp³-hybridized carbons (Fsp3) is 0.450. The van der Waals surface area contributed by atoms with E-state index < -0.39 is 17.9 Å². The number of rotatable bonds is 6. The molecule has 1 fully saturated rings. The van der Waals surface area contributed by atoms with Crippen molar-refractivity contribution >= 4 is 23.6 Å². The maximum absolute atomic E-state index is 13.8. The summed E-state index contributed by atoms with van der Waals surface area (Å²) in [6.45, 7) is 5.34. The summed E-state index contributed by atoms with van der Waals surface area (Å²) in [7, 11) is 0. The van der Waals surface area contributed by atoms with Crippen LogP contribution in [0.3, 0.4) is 0 Å². The predicted octanol–water partition coefficient (Wildman–Crippen LogP) is 3.31. The van der Waals surface area contributed by atoms with Crippen molar-refractivity contribution in [1.82, 2.24) is 15.0 Å². The second-order valence-corrected chi connectivity index (χ2v) is 8.05. The highest BCUT2D eigenvalue weighted by Crippen LogP contribution is 2.34. The van der Waals surface area contributed by atoms with E-state index in [4.69, 9.17) is 5.41 Å². The normalized spacial score (nSPS) is 16.0. The van der Waals surface area contributed by atoms with Crippen LogP contribution in [0.15, 0.2) is 24.4 Å². The second-order valence-electron chi connectivity index (χ2n) is 8.05. The van der Waals surface area contributed by atoms with Crippen LogP contribution in [0.25, 0.3) is 0 Å². The minimum atomic E-state index is -2.80. The van der Waals surface area contributed by atoms with Gasteiger partial charge in [0.1, 0.15) is 23.2 Å². The van der Waals surface area contributed by atoms with Crippen LogP contribution in [0.2, 0.25) is 0 Å². The number of nitrogens with one attached hydrogen (secondary N) is 2. The third-order valence-corrected chi connectivity index (χ3v) is 4.58. The molecule has 0 bridgehead atoms. The van der Waals surface area contributed by atoms with Crippen molar-refractivity contribution in [1.29, 1.82) is 5.41 Å². The Morgan fingerprint density at radius 1 is 1.34 bits per heavy atom. The standard InChI is InChI=1S/C20H24F2N6O/c1-19(2,3)18-26-16(25-11-15(29)14-6-4-5-8-24-14)13(10-23)17(27-18)28-9-7-20(21,22)12-28/h4-6,8,10,23H,7,9,11-12H2,1-3H3,(H,25,26,27). The zero-order valence-electron chi connectivity index (χ0n) is 16.7.